The molecule has 1 heterocycles. The molecule has 132 valence electrons. The molecule has 1 aromatic carbocycles. The van der Waals surface area contributed by atoms with Crippen LogP contribution in [0.4, 0.5) is 4.79 Å². The molecule has 0 unspecified atom stereocenters. The van der Waals surface area contributed by atoms with E-state index in [1.54, 1.807) is 0 Å². The van der Waals surface area contributed by atoms with Gasteiger partial charge in [-0.3, -0.25) is 10.1 Å². The molecule has 7 nitrogen and oxygen atoms in total. The van der Waals surface area contributed by atoms with Gasteiger partial charge in [0, 0.05) is 12.1 Å². The molecular weight excluding hydrogens is 342 g/mol. The van der Waals surface area contributed by atoms with Gasteiger partial charge in [0.1, 0.15) is 5.01 Å². The molecule has 0 saturated carbocycles. The second-order valence-corrected chi connectivity index (χ2v) is 6.35. The van der Waals surface area contributed by atoms with Crippen molar-refractivity contribution in [1.29, 1.82) is 0 Å². The summed E-state index contributed by atoms with van der Waals surface area (Å²) in [5, 5.41) is 5.33. The van der Waals surface area contributed by atoms with Crippen LogP contribution in [0.3, 0.4) is 0 Å². The molecule has 0 aliphatic carbocycles. The molecule has 1 atom stereocenters. The summed E-state index contributed by atoms with van der Waals surface area (Å²) in [6.45, 7) is 3.19. The molecule has 2 N–H and O–H groups in total. The van der Waals surface area contributed by atoms with Crippen LogP contribution in [-0.2, 0) is 14.3 Å². The first-order chi connectivity index (χ1) is 12.0. The number of ether oxygens (including phenoxy) is 1. The Morgan fingerprint density at radius 1 is 1.32 bits per heavy atom. The van der Waals surface area contributed by atoms with Crippen LogP contribution in [0.1, 0.15) is 25.3 Å². The fourth-order valence-electron chi connectivity index (χ4n) is 1.81. The molecule has 0 saturated heterocycles. The van der Waals surface area contributed by atoms with E-state index in [9.17, 15) is 14.4 Å². The molecule has 2 rings (SSSR count). The Hall–Kier alpha value is -2.74. The average molecular weight is 361 g/mol. The van der Waals surface area contributed by atoms with Crippen molar-refractivity contribution in [1.82, 2.24) is 15.6 Å². The van der Waals surface area contributed by atoms with Crippen molar-refractivity contribution in [2.45, 2.75) is 26.3 Å². The number of thiazole rings is 1. The molecule has 25 heavy (non-hydrogen) atoms. The third kappa shape index (κ3) is 6.00. The average Bonchev–Trinajstić information content (AvgIpc) is 3.00. The predicted molar refractivity (Wildman–Crippen MR) is 96.0 cm³/mol. The number of carbonyl (C=O) groups excluding carboxylic acids is 3. The normalized spacial score (nSPS) is 12.1. The number of rotatable bonds is 6. The minimum Gasteiger partial charge on any atom is -0.452 e. The summed E-state index contributed by atoms with van der Waals surface area (Å²) in [5.41, 5.74) is 0.854. The summed E-state index contributed by atoms with van der Waals surface area (Å²) in [6.07, 6.45) is 3.47. The van der Waals surface area contributed by atoms with E-state index in [1.807, 2.05) is 38.1 Å². The summed E-state index contributed by atoms with van der Waals surface area (Å²) < 4.78 is 5.81. The van der Waals surface area contributed by atoms with Crippen LogP contribution in [0.2, 0.25) is 0 Å². The minimum atomic E-state index is -0.692. The first-order valence-electron chi connectivity index (χ1n) is 7.78. The molecule has 0 bridgehead atoms. The van der Waals surface area contributed by atoms with Crippen molar-refractivity contribution in [3.05, 3.63) is 35.3 Å². The second-order valence-electron chi connectivity index (χ2n) is 5.29. The number of carbonyl (C=O) groups is 3. The monoisotopic (exact) mass is 361 g/mol. The van der Waals surface area contributed by atoms with Crippen LogP contribution >= 0.6 is 11.3 Å². The third-order valence-electron chi connectivity index (χ3n) is 3.26. The number of aromatic nitrogens is 1. The number of esters is 1. The highest BCUT2D eigenvalue weighted by molar-refractivity contribution is 7.19. The molecule has 0 aliphatic heterocycles. The first kappa shape index (κ1) is 18.6. The van der Waals surface area contributed by atoms with Gasteiger partial charge in [0.25, 0.3) is 5.91 Å². The van der Waals surface area contributed by atoms with E-state index < -0.39 is 24.5 Å². The SMILES string of the molecule is CC[C@@H](C)NC(=O)NC(=O)COC(=O)/C=C/c1nc2ccccc2s1. The van der Waals surface area contributed by atoms with Crippen LogP contribution in [0, 0.1) is 0 Å². The topological polar surface area (TPSA) is 97.4 Å². The molecule has 0 aliphatic rings. The quantitative estimate of drug-likeness (QED) is 0.608. The Morgan fingerprint density at radius 3 is 2.80 bits per heavy atom. The fraction of sp³-hybridized carbons (Fsp3) is 0.294. The van der Waals surface area contributed by atoms with Gasteiger partial charge in [0.15, 0.2) is 6.61 Å². The maximum atomic E-state index is 11.6. The molecule has 1 aromatic heterocycles. The van der Waals surface area contributed by atoms with Gasteiger partial charge in [-0.1, -0.05) is 19.1 Å². The number of hydrogen-bond donors (Lipinski definition) is 2. The Balaban J connectivity index is 1.78. The molecule has 8 heteroatoms. The van der Waals surface area contributed by atoms with Crippen LogP contribution < -0.4 is 10.6 Å². The highest BCUT2D eigenvalue weighted by Crippen LogP contribution is 2.22. The highest BCUT2D eigenvalue weighted by Gasteiger charge is 2.11. The number of fused-ring (bicyclic) bond motifs is 1. The fourth-order valence-corrected chi connectivity index (χ4v) is 2.68. The first-order valence-corrected chi connectivity index (χ1v) is 8.60. The van der Waals surface area contributed by atoms with Crippen molar-refractivity contribution in [3.8, 4) is 0 Å². The largest absolute Gasteiger partial charge is 0.452 e. The van der Waals surface area contributed by atoms with Crippen LogP contribution in [0.5, 0.6) is 0 Å². The van der Waals surface area contributed by atoms with Crippen LogP contribution in [0.15, 0.2) is 30.3 Å². The lowest BCUT2D eigenvalue weighted by atomic mass is 10.3. The van der Waals surface area contributed by atoms with E-state index in [0.29, 0.717) is 5.01 Å². The zero-order valence-electron chi connectivity index (χ0n) is 13.9. The number of imide groups is 1. The van der Waals surface area contributed by atoms with Crippen molar-refractivity contribution in [2.75, 3.05) is 6.61 Å². The Bertz CT molecular complexity index is 767. The summed E-state index contributed by atoms with van der Waals surface area (Å²) in [5.74, 6) is -1.38. The molecule has 0 spiro atoms. The van der Waals surface area contributed by atoms with E-state index in [4.69, 9.17) is 4.74 Å². The lowest BCUT2D eigenvalue weighted by Gasteiger charge is -2.11. The molecule has 3 amide bonds. The van der Waals surface area contributed by atoms with Crippen molar-refractivity contribution in [3.63, 3.8) is 0 Å². The summed E-state index contributed by atoms with van der Waals surface area (Å²) >= 11 is 1.44. The standard InChI is InChI=1S/C17H19N3O4S/c1-3-11(2)18-17(23)20-14(21)10-24-16(22)9-8-15-19-12-6-4-5-7-13(12)25-15/h4-9,11H,3,10H2,1-2H3,(H2,18,20,21,23)/b9-8+/t11-/m1/s1. The smallest absolute Gasteiger partial charge is 0.331 e. The number of nitrogens with one attached hydrogen (secondary N) is 2. The summed E-state index contributed by atoms with van der Waals surface area (Å²) in [4.78, 5) is 39.0. The Morgan fingerprint density at radius 2 is 2.08 bits per heavy atom. The maximum Gasteiger partial charge on any atom is 0.331 e. The zero-order chi connectivity index (χ0) is 18.2. The number of urea groups is 1. The van der Waals surface area contributed by atoms with E-state index in [1.165, 1.54) is 23.5 Å². The number of hydrogen-bond acceptors (Lipinski definition) is 6. The minimum absolute atomic E-state index is 0.0490. The molecule has 0 radical (unpaired) electrons. The highest BCUT2D eigenvalue weighted by atomic mass is 32.1. The van der Waals surface area contributed by atoms with Crippen molar-refractivity contribution in [2.24, 2.45) is 0 Å². The van der Waals surface area contributed by atoms with Gasteiger partial charge < -0.3 is 10.1 Å². The van der Waals surface area contributed by atoms with Crippen LogP contribution in [-0.4, -0.2) is 35.5 Å². The number of amides is 3. The summed E-state index contributed by atoms with van der Waals surface area (Å²) in [6, 6.07) is 6.97. The summed E-state index contributed by atoms with van der Waals surface area (Å²) in [7, 11) is 0. The van der Waals surface area contributed by atoms with Gasteiger partial charge in [0.2, 0.25) is 0 Å². The van der Waals surface area contributed by atoms with E-state index >= 15 is 0 Å². The van der Waals surface area contributed by atoms with Gasteiger partial charge in [-0.05, 0) is 31.6 Å². The second kappa shape index (κ2) is 8.93. The van der Waals surface area contributed by atoms with Crippen LogP contribution in [0.25, 0.3) is 16.3 Å². The number of benzene rings is 1. The predicted octanol–water partition coefficient (Wildman–Crippen LogP) is 2.48. The lowest BCUT2D eigenvalue weighted by molar-refractivity contribution is -0.143. The van der Waals surface area contributed by atoms with E-state index in [0.717, 1.165) is 16.6 Å². The Kier molecular flexibility index (Phi) is 6.64. The van der Waals surface area contributed by atoms with Gasteiger partial charge >= 0.3 is 12.0 Å². The third-order valence-corrected chi connectivity index (χ3v) is 4.26. The zero-order valence-corrected chi connectivity index (χ0v) is 14.8. The number of para-hydroxylation sites is 1. The molecule has 2 aromatic rings. The Labute approximate surface area is 149 Å². The van der Waals surface area contributed by atoms with Crippen molar-refractivity contribution >= 4 is 45.5 Å². The van der Waals surface area contributed by atoms with E-state index in [-0.39, 0.29) is 6.04 Å². The van der Waals surface area contributed by atoms with Gasteiger partial charge in [-0.15, -0.1) is 11.3 Å². The molecular formula is C17H19N3O4S. The molecule has 0 fully saturated rings. The van der Waals surface area contributed by atoms with Gasteiger partial charge in [0.05, 0.1) is 10.2 Å². The number of nitrogens with zero attached hydrogens (tertiary/aromatic N) is 1. The van der Waals surface area contributed by atoms with Crippen molar-refractivity contribution < 1.29 is 19.1 Å². The van der Waals surface area contributed by atoms with E-state index in [2.05, 4.69) is 15.6 Å². The maximum absolute atomic E-state index is 11.6. The van der Waals surface area contributed by atoms with Gasteiger partial charge in [-0.2, -0.15) is 0 Å². The van der Waals surface area contributed by atoms with Gasteiger partial charge in [-0.25, -0.2) is 14.6 Å². The lowest BCUT2D eigenvalue weighted by Crippen LogP contribution is -2.44.